The summed E-state index contributed by atoms with van der Waals surface area (Å²) in [6, 6.07) is 6.65. The molecule has 2 N–H and O–H groups in total. The van der Waals surface area contributed by atoms with Gasteiger partial charge in [-0.1, -0.05) is 26.3 Å². The predicted octanol–water partition coefficient (Wildman–Crippen LogP) is 3.73. The van der Waals surface area contributed by atoms with Gasteiger partial charge in [0.05, 0.1) is 12.1 Å². The number of aryl methyl sites for hydroxylation is 1. The second-order valence-corrected chi connectivity index (χ2v) is 6.47. The highest BCUT2D eigenvalue weighted by atomic mass is 16.3. The van der Waals surface area contributed by atoms with E-state index in [2.05, 4.69) is 17.2 Å². The lowest BCUT2D eigenvalue weighted by atomic mass is 9.99. The molecule has 6 heteroatoms. The van der Waals surface area contributed by atoms with Gasteiger partial charge >= 0.3 is 6.03 Å². The Morgan fingerprint density at radius 1 is 1.31 bits per heavy atom. The number of nitrogens with one attached hydrogen (secondary N) is 1. The van der Waals surface area contributed by atoms with Crippen LogP contribution in [0.5, 0.6) is 5.75 Å². The molecule has 0 spiro atoms. The van der Waals surface area contributed by atoms with Crippen LogP contribution in [0.3, 0.4) is 0 Å². The number of fused-ring (bicyclic) bond motifs is 1. The van der Waals surface area contributed by atoms with E-state index in [-0.39, 0.29) is 23.1 Å². The molecule has 0 radical (unpaired) electrons. The Hall–Kier alpha value is -2.89. The van der Waals surface area contributed by atoms with Crippen LogP contribution in [0.1, 0.15) is 53.7 Å². The zero-order valence-corrected chi connectivity index (χ0v) is 15.1. The van der Waals surface area contributed by atoms with Crippen molar-refractivity contribution < 1.29 is 14.7 Å². The second-order valence-electron chi connectivity index (χ2n) is 6.47. The van der Waals surface area contributed by atoms with Crippen molar-refractivity contribution in [3.63, 3.8) is 0 Å². The summed E-state index contributed by atoms with van der Waals surface area (Å²) in [5.41, 5.74) is 2.46. The number of nitrogens with zero attached hydrogens (tertiary/aromatic N) is 2. The molecule has 0 saturated heterocycles. The number of carbonyl (C=O) groups excluding carboxylic acids is 2. The first kappa shape index (κ1) is 17.9. The van der Waals surface area contributed by atoms with Gasteiger partial charge < -0.3 is 10.0 Å². The third-order valence-electron chi connectivity index (χ3n) is 4.60. The van der Waals surface area contributed by atoms with Crippen molar-refractivity contribution in [2.45, 2.75) is 39.7 Å². The molecule has 1 aliphatic rings. The SMILES string of the molecule is CCCCN1Cc2cc(C(=O)c3cc(CC)ccc3O)cnc2NC1=O. The molecule has 0 fully saturated rings. The summed E-state index contributed by atoms with van der Waals surface area (Å²) < 4.78 is 0. The van der Waals surface area contributed by atoms with Gasteiger partial charge in [-0.15, -0.1) is 0 Å². The number of phenols is 1. The number of phenolic OH excluding ortho intramolecular Hbond substituents is 1. The fraction of sp³-hybridized carbons (Fsp3) is 0.350. The third-order valence-corrected chi connectivity index (χ3v) is 4.60. The molecule has 2 aromatic rings. The normalized spacial score (nSPS) is 13.3. The minimum Gasteiger partial charge on any atom is -0.507 e. The van der Waals surface area contributed by atoms with Crippen molar-refractivity contribution in [1.29, 1.82) is 0 Å². The van der Waals surface area contributed by atoms with Gasteiger partial charge in [-0.05, 0) is 36.6 Å². The molecule has 0 unspecified atom stereocenters. The number of benzene rings is 1. The van der Waals surface area contributed by atoms with Crippen LogP contribution < -0.4 is 5.32 Å². The molecule has 0 bridgehead atoms. The predicted molar refractivity (Wildman–Crippen MR) is 99.5 cm³/mol. The Morgan fingerprint density at radius 2 is 2.12 bits per heavy atom. The largest absolute Gasteiger partial charge is 0.507 e. The Morgan fingerprint density at radius 3 is 2.85 bits per heavy atom. The van der Waals surface area contributed by atoms with Gasteiger partial charge in [-0.25, -0.2) is 9.78 Å². The van der Waals surface area contributed by atoms with Crippen molar-refractivity contribution in [3.8, 4) is 5.75 Å². The smallest absolute Gasteiger partial charge is 0.323 e. The number of rotatable bonds is 6. The highest BCUT2D eigenvalue weighted by Crippen LogP contribution is 2.26. The third kappa shape index (κ3) is 3.54. The zero-order valence-electron chi connectivity index (χ0n) is 15.1. The molecule has 2 heterocycles. The number of amides is 2. The second kappa shape index (κ2) is 7.56. The van der Waals surface area contributed by atoms with Crippen molar-refractivity contribution >= 4 is 17.6 Å². The summed E-state index contributed by atoms with van der Waals surface area (Å²) in [7, 11) is 0. The Kier molecular flexibility index (Phi) is 5.21. The number of pyridine rings is 1. The minimum absolute atomic E-state index is 0.0391. The number of urea groups is 1. The maximum absolute atomic E-state index is 12.8. The number of ketones is 1. The number of aromatic hydroxyl groups is 1. The number of aromatic nitrogens is 1. The Bertz CT molecular complexity index is 848. The Balaban J connectivity index is 1.89. The minimum atomic E-state index is -0.273. The summed E-state index contributed by atoms with van der Waals surface area (Å²) in [6.07, 6.45) is 4.15. The number of carbonyl (C=O) groups is 2. The van der Waals surface area contributed by atoms with E-state index >= 15 is 0 Å². The van der Waals surface area contributed by atoms with Gasteiger partial charge in [0.2, 0.25) is 0 Å². The summed E-state index contributed by atoms with van der Waals surface area (Å²) in [6.45, 7) is 5.16. The number of hydrogen-bond donors (Lipinski definition) is 2. The topological polar surface area (TPSA) is 82.5 Å². The molecule has 3 rings (SSSR count). The molecule has 0 saturated carbocycles. The molecule has 6 nitrogen and oxygen atoms in total. The quantitative estimate of drug-likeness (QED) is 0.775. The van der Waals surface area contributed by atoms with Crippen LogP contribution >= 0.6 is 0 Å². The summed E-state index contributed by atoms with van der Waals surface area (Å²) >= 11 is 0. The maximum atomic E-state index is 12.8. The van der Waals surface area contributed by atoms with Crippen molar-refractivity contribution in [2.24, 2.45) is 0 Å². The molecule has 1 aromatic heterocycles. The average Bonchev–Trinajstić information content (AvgIpc) is 2.66. The van der Waals surface area contributed by atoms with Gasteiger partial charge in [0.1, 0.15) is 11.6 Å². The zero-order chi connectivity index (χ0) is 18.7. The van der Waals surface area contributed by atoms with Crippen LogP contribution in [0.4, 0.5) is 10.6 Å². The monoisotopic (exact) mass is 353 g/mol. The van der Waals surface area contributed by atoms with E-state index in [9.17, 15) is 14.7 Å². The summed E-state index contributed by atoms with van der Waals surface area (Å²) in [4.78, 5) is 30.9. The number of unbranched alkanes of at least 4 members (excludes halogenated alkanes) is 1. The van der Waals surface area contributed by atoms with Gasteiger partial charge in [0.15, 0.2) is 5.78 Å². The van der Waals surface area contributed by atoms with Crippen LogP contribution in [-0.2, 0) is 13.0 Å². The van der Waals surface area contributed by atoms with Gasteiger partial charge in [-0.3, -0.25) is 10.1 Å². The lowest BCUT2D eigenvalue weighted by Crippen LogP contribution is -2.39. The fourth-order valence-electron chi connectivity index (χ4n) is 3.00. The van der Waals surface area contributed by atoms with Crippen LogP contribution in [0, 0.1) is 0 Å². The fourth-order valence-corrected chi connectivity index (χ4v) is 3.00. The first-order valence-electron chi connectivity index (χ1n) is 8.95. The van der Waals surface area contributed by atoms with Crippen LogP contribution in [-0.4, -0.2) is 33.3 Å². The van der Waals surface area contributed by atoms with E-state index in [0.717, 1.165) is 30.4 Å². The summed E-state index contributed by atoms with van der Waals surface area (Å²) in [5, 5.41) is 12.8. The van der Waals surface area contributed by atoms with E-state index in [1.54, 1.807) is 29.2 Å². The molecule has 2 amide bonds. The van der Waals surface area contributed by atoms with E-state index in [4.69, 9.17) is 0 Å². The van der Waals surface area contributed by atoms with E-state index in [1.165, 1.54) is 6.20 Å². The molecule has 26 heavy (non-hydrogen) atoms. The molecule has 136 valence electrons. The first-order chi connectivity index (χ1) is 12.5. The van der Waals surface area contributed by atoms with Gasteiger partial charge in [0.25, 0.3) is 0 Å². The molecule has 0 aliphatic carbocycles. The van der Waals surface area contributed by atoms with Gasteiger partial charge in [0, 0.05) is 23.9 Å². The van der Waals surface area contributed by atoms with E-state index in [1.807, 2.05) is 6.92 Å². The Labute approximate surface area is 152 Å². The van der Waals surface area contributed by atoms with Crippen LogP contribution in [0.15, 0.2) is 30.5 Å². The highest BCUT2D eigenvalue weighted by molar-refractivity contribution is 6.11. The van der Waals surface area contributed by atoms with Gasteiger partial charge in [-0.2, -0.15) is 0 Å². The van der Waals surface area contributed by atoms with Crippen molar-refractivity contribution in [1.82, 2.24) is 9.88 Å². The molecule has 0 atom stereocenters. The molecular weight excluding hydrogens is 330 g/mol. The van der Waals surface area contributed by atoms with Crippen molar-refractivity contribution in [3.05, 3.63) is 52.7 Å². The molecular formula is C20H23N3O3. The number of anilines is 1. The van der Waals surface area contributed by atoms with E-state index in [0.29, 0.717) is 24.5 Å². The summed E-state index contributed by atoms with van der Waals surface area (Å²) in [5.74, 6) is 0.179. The standard InChI is InChI=1S/C20H23N3O3/c1-3-5-8-23-12-15-10-14(11-21-19(15)22-20(23)26)18(25)16-9-13(4-2)6-7-17(16)24/h6-7,9-11,24H,3-5,8,12H2,1-2H3,(H,21,22,26). The lowest BCUT2D eigenvalue weighted by Gasteiger charge is -2.28. The molecule has 1 aromatic carbocycles. The van der Waals surface area contributed by atoms with E-state index < -0.39 is 0 Å². The number of hydrogen-bond acceptors (Lipinski definition) is 4. The lowest BCUT2D eigenvalue weighted by molar-refractivity contribution is 0.103. The van der Waals surface area contributed by atoms with Crippen LogP contribution in [0.25, 0.3) is 0 Å². The highest BCUT2D eigenvalue weighted by Gasteiger charge is 2.24. The average molecular weight is 353 g/mol. The molecule has 1 aliphatic heterocycles. The first-order valence-corrected chi connectivity index (χ1v) is 8.95. The maximum Gasteiger partial charge on any atom is 0.323 e. The van der Waals surface area contributed by atoms with Crippen LogP contribution in [0.2, 0.25) is 0 Å². The van der Waals surface area contributed by atoms with Crippen molar-refractivity contribution in [2.75, 3.05) is 11.9 Å².